The van der Waals surface area contributed by atoms with Gasteiger partial charge in [0.2, 0.25) is 5.91 Å². The largest absolute Gasteiger partial charge is 0.497 e. The number of rotatable bonds is 5. The summed E-state index contributed by atoms with van der Waals surface area (Å²) in [6.07, 6.45) is 0. The molecule has 0 heterocycles. The molecular weight excluding hydrogens is 256 g/mol. The van der Waals surface area contributed by atoms with Crippen molar-refractivity contribution >= 4 is 21.4 Å². The first-order chi connectivity index (χ1) is 8.46. The molecule has 0 saturated heterocycles. The number of amides is 1. The highest BCUT2D eigenvalue weighted by molar-refractivity contribution is 7.92. The first-order valence-corrected chi connectivity index (χ1v) is 6.80. The van der Waals surface area contributed by atoms with Crippen LogP contribution >= 0.6 is 0 Å². The molecule has 0 aromatic heterocycles. The number of nitrogens with zero attached hydrogens (tertiary/aromatic N) is 1. The van der Waals surface area contributed by atoms with Crippen molar-refractivity contribution in [2.75, 3.05) is 23.9 Å². The van der Waals surface area contributed by atoms with Gasteiger partial charge >= 0.3 is 0 Å². The fourth-order valence-electron chi connectivity index (χ4n) is 1.22. The summed E-state index contributed by atoms with van der Waals surface area (Å²) in [4.78, 5) is 11.4. The van der Waals surface area contributed by atoms with Gasteiger partial charge in [0.25, 0.3) is 0 Å². The van der Waals surface area contributed by atoms with E-state index >= 15 is 0 Å². The average molecular weight is 268 g/mol. The maximum Gasteiger partial charge on any atom is 0.239 e. The second-order valence-electron chi connectivity index (χ2n) is 3.47. The zero-order valence-electron chi connectivity index (χ0n) is 9.71. The van der Waals surface area contributed by atoms with Gasteiger partial charge in [-0.05, 0) is 24.3 Å². The maximum atomic E-state index is 11.4. The Bertz CT molecular complexity index is 558. The molecular formula is C11H12N2O4S. The molecule has 0 spiro atoms. The van der Waals surface area contributed by atoms with Gasteiger partial charge in [-0.25, -0.2) is 8.42 Å². The SMILES string of the molecule is COc1ccc(NC(=O)CS(=O)(=O)CC#N)cc1. The third kappa shape index (κ3) is 4.43. The molecule has 0 saturated carbocycles. The number of benzene rings is 1. The van der Waals surface area contributed by atoms with Gasteiger partial charge < -0.3 is 10.1 Å². The van der Waals surface area contributed by atoms with Crippen molar-refractivity contribution < 1.29 is 17.9 Å². The van der Waals surface area contributed by atoms with E-state index in [1.165, 1.54) is 13.2 Å². The number of hydrogen-bond donors (Lipinski definition) is 1. The van der Waals surface area contributed by atoms with E-state index in [1.54, 1.807) is 24.3 Å². The van der Waals surface area contributed by atoms with Crippen molar-refractivity contribution in [3.8, 4) is 11.8 Å². The molecule has 7 heteroatoms. The first kappa shape index (κ1) is 14.0. The fraction of sp³-hybridized carbons (Fsp3) is 0.273. The molecule has 0 aliphatic carbocycles. The Balaban J connectivity index is 2.62. The molecule has 0 aliphatic heterocycles. The van der Waals surface area contributed by atoms with E-state index in [9.17, 15) is 13.2 Å². The van der Waals surface area contributed by atoms with Gasteiger partial charge in [-0.2, -0.15) is 5.26 Å². The summed E-state index contributed by atoms with van der Waals surface area (Å²) >= 11 is 0. The predicted octanol–water partition coefficient (Wildman–Crippen LogP) is 0.572. The Morgan fingerprint density at radius 2 is 2.00 bits per heavy atom. The number of carbonyl (C=O) groups excluding carboxylic acids is 1. The van der Waals surface area contributed by atoms with Gasteiger partial charge in [0.15, 0.2) is 9.84 Å². The van der Waals surface area contributed by atoms with Crippen LogP contribution in [0.1, 0.15) is 0 Å². The van der Waals surface area contributed by atoms with Crippen molar-refractivity contribution in [2.24, 2.45) is 0 Å². The predicted molar refractivity (Wildman–Crippen MR) is 65.9 cm³/mol. The minimum atomic E-state index is -3.66. The monoisotopic (exact) mass is 268 g/mol. The third-order valence-electron chi connectivity index (χ3n) is 2.01. The lowest BCUT2D eigenvalue weighted by atomic mass is 10.3. The first-order valence-electron chi connectivity index (χ1n) is 4.98. The zero-order valence-corrected chi connectivity index (χ0v) is 10.5. The van der Waals surface area contributed by atoms with Crippen LogP contribution in [0.4, 0.5) is 5.69 Å². The highest BCUT2D eigenvalue weighted by Gasteiger charge is 2.16. The van der Waals surface area contributed by atoms with Crippen LogP contribution < -0.4 is 10.1 Å². The van der Waals surface area contributed by atoms with Gasteiger partial charge in [0.1, 0.15) is 17.3 Å². The number of ether oxygens (including phenoxy) is 1. The van der Waals surface area contributed by atoms with E-state index in [1.807, 2.05) is 0 Å². The van der Waals surface area contributed by atoms with Gasteiger partial charge in [-0.3, -0.25) is 4.79 Å². The number of carbonyl (C=O) groups is 1. The minimum absolute atomic E-state index is 0.466. The van der Waals surface area contributed by atoms with Crippen LogP contribution in [0.2, 0.25) is 0 Å². The van der Waals surface area contributed by atoms with Gasteiger partial charge in [0.05, 0.1) is 13.2 Å². The Labute approximate surface area is 105 Å². The molecule has 0 fully saturated rings. The molecule has 0 unspecified atom stereocenters. The summed E-state index contributed by atoms with van der Waals surface area (Å²) in [5.74, 6) is -1.41. The summed E-state index contributed by atoms with van der Waals surface area (Å²) in [6, 6.07) is 7.97. The molecule has 0 atom stereocenters. The third-order valence-corrected chi connectivity index (χ3v) is 3.28. The minimum Gasteiger partial charge on any atom is -0.497 e. The van der Waals surface area contributed by atoms with E-state index in [0.717, 1.165) is 0 Å². The summed E-state index contributed by atoms with van der Waals surface area (Å²) in [6.45, 7) is 0. The lowest BCUT2D eigenvalue weighted by Gasteiger charge is -2.05. The average Bonchev–Trinajstić information content (AvgIpc) is 2.28. The molecule has 1 rings (SSSR count). The Kier molecular flexibility index (Phi) is 4.68. The van der Waals surface area contributed by atoms with Gasteiger partial charge in [0, 0.05) is 5.69 Å². The van der Waals surface area contributed by atoms with Crippen LogP contribution in [0, 0.1) is 11.3 Å². The summed E-state index contributed by atoms with van der Waals surface area (Å²) in [5, 5.41) is 10.7. The zero-order chi connectivity index (χ0) is 13.6. The molecule has 0 radical (unpaired) electrons. The molecule has 6 nitrogen and oxygen atoms in total. The molecule has 0 bridgehead atoms. The standard InChI is InChI=1S/C11H12N2O4S/c1-17-10-4-2-9(3-5-10)13-11(14)8-18(15,16)7-6-12/h2-5H,7-8H2,1H3,(H,13,14). The van der Waals surface area contributed by atoms with Crippen LogP contribution in [-0.4, -0.2) is 32.9 Å². The number of sulfone groups is 1. The van der Waals surface area contributed by atoms with E-state index < -0.39 is 27.3 Å². The molecule has 1 aromatic rings. The van der Waals surface area contributed by atoms with E-state index in [0.29, 0.717) is 11.4 Å². The van der Waals surface area contributed by atoms with Crippen molar-refractivity contribution in [1.82, 2.24) is 0 Å². The molecule has 18 heavy (non-hydrogen) atoms. The van der Waals surface area contributed by atoms with Crippen LogP contribution in [-0.2, 0) is 14.6 Å². The molecule has 96 valence electrons. The van der Waals surface area contributed by atoms with Crippen LogP contribution in [0.25, 0.3) is 0 Å². The van der Waals surface area contributed by atoms with E-state index in [-0.39, 0.29) is 0 Å². The lowest BCUT2D eigenvalue weighted by Crippen LogP contribution is -2.24. The number of anilines is 1. The smallest absolute Gasteiger partial charge is 0.239 e. The summed E-state index contributed by atoms with van der Waals surface area (Å²) in [7, 11) is -2.15. The van der Waals surface area contributed by atoms with Crippen molar-refractivity contribution in [3.63, 3.8) is 0 Å². The van der Waals surface area contributed by atoms with Crippen LogP contribution in [0.15, 0.2) is 24.3 Å². The molecule has 0 aliphatic rings. The number of hydrogen-bond acceptors (Lipinski definition) is 5. The Morgan fingerprint density at radius 3 is 2.50 bits per heavy atom. The fourth-order valence-corrected chi connectivity index (χ4v) is 1.99. The second-order valence-corrected chi connectivity index (χ2v) is 5.53. The highest BCUT2D eigenvalue weighted by atomic mass is 32.2. The van der Waals surface area contributed by atoms with E-state index in [2.05, 4.69) is 5.32 Å². The molecule has 1 N–H and O–H groups in total. The lowest BCUT2D eigenvalue weighted by molar-refractivity contribution is -0.113. The van der Waals surface area contributed by atoms with Crippen molar-refractivity contribution in [3.05, 3.63) is 24.3 Å². The number of methoxy groups -OCH3 is 1. The van der Waals surface area contributed by atoms with Crippen molar-refractivity contribution in [1.29, 1.82) is 5.26 Å². The number of nitriles is 1. The molecule has 1 amide bonds. The topological polar surface area (TPSA) is 96.3 Å². The van der Waals surface area contributed by atoms with Gasteiger partial charge in [-0.1, -0.05) is 0 Å². The highest BCUT2D eigenvalue weighted by Crippen LogP contribution is 2.14. The van der Waals surface area contributed by atoms with E-state index in [4.69, 9.17) is 10.00 Å². The van der Waals surface area contributed by atoms with Crippen LogP contribution in [0.5, 0.6) is 5.75 Å². The summed E-state index contributed by atoms with van der Waals surface area (Å²) in [5.41, 5.74) is 0.466. The summed E-state index contributed by atoms with van der Waals surface area (Å²) < 4.78 is 27.4. The normalized spacial score (nSPS) is 10.4. The number of nitrogens with one attached hydrogen (secondary N) is 1. The van der Waals surface area contributed by atoms with Crippen LogP contribution in [0.3, 0.4) is 0 Å². The second kappa shape index (κ2) is 6.02. The quantitative estimate of drug-likeness (QED) is 0.842. The maximum absolute atomic E-state index is 11.4. The Hall–Kier alpha value is -2.07. The van der Waals surface area contributed by atoms with Crippen molar-refractivity contribution in [2.45, 2.75) is 0 Å². The molecule has 1 aromatic carbocycles. The Morgan fingerprint density at radius 1 is 1.39 bits per heavy atom. The van der Waals surface area contributed by atoms with Gasteiger partial charge in [-0.15, -0.1) is 0 Å².